The molecule has 6 nitrogen and oxygen atoms in total. The van der Waals surface area contributed by atoms with Crippen molar-refractivity contribution in [2.24, 2.45) is 5.92 Å². The molecule has 0 aromatic heterocycles. The minimum Gasteiger partial charge on any atom is -0.507 e. The molecule has 0 bridgehead atoms. The number of hydrogen-bond donors (Lipinski definition) is 3. The lowest BCUT2D eigenvalue weighted by molar-refractivity contribution is -0.127. The Labute approximate surface area is 152 Å². The summed E-state index contributed by atoms with van der Waals surface area (Å²) in [6.45, 7) is 5.21. The first-order valence-electron chi connectivity index (χ1n) is 8.50. The van der Waals surface area contributed by atoms with Gasteiger partial charge in [-0.3, -0.25) is 4.79 Å². The maximum absolute atomic E-state index is 12.5. The van der Waals surface area contributed by atoms with E-state index < -0.39 is 30.1 Å². The Morgan fingerprint density at radius 3 is 2.50 bits per heavy atom. The number of aromatic hydroxyl groups is 1. The molecule has 6 heteroatoms. The zero-order chi connectivity index (χ0) is 19.4. The molecule has 0 saturated heterocycles. The van der Waals surface area contributed by atoms with Gasteiger partial charge in [0.05, 0.1) is 6.10 Å². The van der Waals surface area contributed by atoms with Gasteiger partial charge < -0.3 is 20.1 Å². The monoisotopic (exact) mass is 360 g/mol. The topological polar surface area (TPSA) is 104 Å². The molecule has 0 saturated carbocycles. The number of hydrogen-bond acceptors (Lipinski definition) is 6. The Bertz CT molecular complexity index is 749. The summed E-state index contributed by atoms with van der Waals surface area (Å²) in [6.07, 6.45) is 2.44. The highest BCUT2D eigenvalue weighted by Gasteiger charge is 2.24. The number of ether oxygens (including phenoxy) is 1. The number of rotatable bonds is 0. The normalized spacial score (nSPS) is 30.0. The highest BCUT2D eigenvalue weighted by Crippen LogP contribution is 2.27. The fourth-order valence-corrected chi connectivity index (χ4v) is 2.64. The second-order valence-corrected chi connectivity index (χ2v) is 6.63. The third-order valence-corrected chi connectivity index (χ3v) is 4.42. The van der Waals surface area contributed by atoms with E-state index in [-0.39, 0.29) is 23.7 Å². The minimum atomic E-state index is -1.53. The van der Waals surface area contributed by atoms with E-state index in [4.69, 9.17) is 4.74 Å². The van der Waals surface area contributed by atoms with Crippen molar-refractivity contribution in [1.29, 1.82) is 0 Å². The second kappa shape index (κ2) is 8.29. The number of aliphatic hydroxyl groups excluding tert-OH is 2. The van der Waals surface area contributed by atoms with E-state index in [0.29, 0.717) is 5.56 Å². The molecule has 0 spiro atoms. The molecule has 26 heavy (non-hydrogen) atoms. The zero-order valence-electron chi connectivity index (χ0n) is 15.0. The molecule has 4 atom stereocenters. The molecule has 140 valence electrons. The standard InChI is InChI=1S/C20H24O6/c1-11-9-14-5-4-6-15(21)19(24)16(22)8-7-12(2)13(3)26-20(25)18(14)17(23)10-11/h4-5,7-10,12-13,15,19,21,23-24H,6H2,1-3H3/b5-4+,8-7-/t12-,13-,15-,19-/m0/s1. The van der Waals surface area contributed by atoms with Crippen LogP contribution >= 0.6 is 0 Å². The molecule has 1 aliphatic heterocycles. The van der Waals surface area contributed by atoms with Gasteiger partial charge in [-0.25, -0.2) is 4.79 Å². The van der Waals surface area contributed by atoms with Crippen LogP contribution in [0.2, 0.25) is 0 Å². The Balaban J connectivity index is 2.48. The number of fused-ring (bicyclic) bond motifs is 1. The first-order chi connectivity index (χ1) is 12.2. The van der Waals surface area contributed by atoms with Gasteiger partial charge in [0.15, 0.2) is 5.78 Å². The van der Waals surface area contributed by atoms with Gasteiger partial charge in [0.2, 0.25) is 0 Å². The summed E-state index contributed by atoms with van der Waals surface area (Å²) in [7, 11) is 0. The Morgan fingerprint density at radius 2 is 1.81 bits per heavy atom. The predicted octanol–water partition coefficient (Wildman–Crippen LogP) is 2.15. The lowest BCUT2D eigenvalue weighted by atomic mass is 9.99. The fourth-order valence-electron chi connectivity index (χ4n) is 2.64. The highest BCUT2D eigenvalue weighted by molar-refractivity contribution is 5.97. The molecular formula is C20H24O6. The van der Waals surface area contributed by atoms with Crippen molar-refractivity contribution in [1.82, 2.24) is 0 Å². The highest BCUT2D eigenvalue weighted by atomic mass is 16.5. The van der Waals surface area contributed by atoms with E-state index in [0.717, 1.165) is 5.56 Å². The van der Waals surface area contributed by atoms with Gasteiger partial charge in [0.25, 0.3) is 0 Å². The van der Waals surface area contributed by atoms with E-state index in [1.54, 1.807) is 32.9 Å². The average molecular weight is 360 g/mol. The zero-order valence-corrected chi connectivity index (χ0v) is 15.0. The summed E-state index contributed by atoms with van der Waals surface area (Å²) in [6, 6.07) is 3.18. The van der Waals surface area contributed by atoms with Crippen LogP contribution in [-0.4, -0.2) is 45.4 Å². The minimum absolute atomic E-state index is 0.00982. The first kappa shape index (κ1) is 19.9. The van der Waals surface area contributed by atoms with Crippen molar-refractivity contribution in [3.05, 3.63) is 47.1 Å². The van der Waals surface area contributed by atoms with Crippen LogP contribution in [0.25, 0.3) is 6.08 Å². The second-order valence-electron chi connectivity index (χ2n) is 6.63. The number of carbonyl (C=O) groups is 2. The van der Waals surface area contributed by atoms with Crippen LogP contribution in [0.5, 0.6) is 5.75 Å². The number of aryl methyl sites for hydroxylation is 1. The van der Waals surface area contributed by atoms with Gasteiger partial charge in [0.1, 0.15) is 23.5 Å². The lowest BCUT2D eigenvalue weighted by Crippen LogP contribution is -2.32. The van der Waals surface area contributed by atoms with Crippen LogP contribution in [0.15, 0.2) is 30.4 Å². The molecule has 1 aliphatic rings. The van der Waals surface area contributed by atoms with E-state index >= 15 is 0 Å². The molecule has 0 unspecified atom stereocenters. The summed E-state index contributed by atoms with van der Waals surface area (Å²) >= 11 is 0. The van der Waals surface area contributed by atoms with Crippen LogP contribution in [0, 0.1) is 12.8 Å². The lowest BCUT2D eigenvalue weighted by Gasteiger charge is -2.20. The third kappa shape index (κ3) is 4.59. The van der Waals surface area contributed by atoms with Crippen LogP contribution < -0.4 is 0 Å². The molecular weight excluding hydrogens is 336 g/mol. The number of esters is 1. The van der Waals surface area contributed by atoms with Crippen LogP contribution in [0.4, 0.5) is 0 Å². The van der Waals surface area contributed by atoms with Crippen LogP contribution in [0.1, 0.15) is 41.8 Å². The number of phenolic OH excluding ortho intramolecular Hbond substituents is 1. The summed E-state index contributed by atoms with van der Waals surface area (Å²) < 4.78 is 5.43. The van der Waals surface area contributed by atoms with E-state index in [9.17, 15) is 24.9 Å². The van der Waals surface area contributed by atoms with E-state index in [1.807, 2.05) is 0 Å². The van der Waals surface area contributed by atoms with Crippen molar-refractivity contribution in [2.45, 2.75) is 45.5 Å². The molecule has 1 heterocycles. The molecule has 2 rings (SSSR count). The smallest absolute Gasteiger partial charge is 0.342 e. The van der Waals surface area contributed by atoms with Gasteiger partial charge in [-0.05, 0) is 43.5 Å². The van der Waals surface area contributed by atoms with Gasteiger partial charge >= 0.3 is 5.97 Å². The summed E-state index contributed by atoms with van der Waals surface area (Å²) in [5, 5.41) is 30.1. The van der Waals surface area contributed by atoms with Crippen molar-refractivity contribution < 1.29 is 29.6 Å². The molecule has 0 amide bonds. The maximum atomic E-state index is 12.5. The maximum Gasteiger partial charge on any atom is 0.342 e. The quantitative estimate of drug-likeness (QED) is 0.613. The number of carbonyl (C=O) groups excluding carboxylic acids is 2. The molecule has 0 fully saturated rings. The van der Waals surface area contributed by atoms with E-state index in [1.165, 1.54) is 24.3 Å². The number of ketones is 1. The molecule has 0 radical (unpaired) electrons. The van der Waals surface area contributed by atoms with E-state index in [2.05, 4.69) is 0 Å². The number of aliphatic hydroxyl groups is 2. The largest absolute Gasteiger partial charge is 0.507 e. The van der Waals surface area contributed by atoms with Crippen molar-refractivity contribution in [2.75, 3.05) is 0 Å². The van der Waals surface area contributed by atoms with Gasteiger partial charge in [-0.15, -0.1) is 0 Å². The summed E-state index contributed by atoms with van der Waals surface area (Å²) in [4.78, 5) is 24.5. The number of cyclic esters (lactones) is 1. The van der Waals surface area contributed by atoms with Crippen LogP contribution in [-0.2, 0) is 9.53 Å². The summed E-state index contributed by atoms with van der Waals surface area (Å²) in [5.41, 5.74) is 1.23. The fraction of sp³-hybridized carbons (Fsp3) is 0.400. The van der Waals surface area contributed by atoms with Gasteiger partial charge in [0, 0.05) is 5.92 Å². The van der Waals surface area contributed by atoms with Crippen LogP contribution in [0.3, 0.4) is 0 Å². The summed E-state index contributed by atoms with van der Waals surface area (Å²) in [5.74, 6) is -1.77. The van der Waals surface area contributed by atoms with Crippen molar-refractivity contribution in [3.8, 4) is 5.75 Å². The van der Waals surface area contributed by atoms with Gasteiger partial charge in [-0.2, -0.15) is 0 Å². The van der Waals surface area contributed by atoms with Crippen molar-refractivity contribution >= 4 is 17.8 Å². The number of phenols is 1. The van der Waals surface area contributed by atoms with Gasteiger partial charge in [-0.1, -0.05) is 31.2 Å². The Hall–Kier alpha value is -2.44. The molecule has 1 aromatic carbocycles. The van der Waals surface area contributed by atoms with Crippen molar-refractivity contribution in [3.63, 3.8) is 0 Å². The third-order valence-electron chi connectivity index (χ3n) is 4.42. The first-order valence-corrected chi connectivity index (χ1v) is 8.50. The number of benzene rings is 1. The Morgan fingerprint density at radius 1 is 1.12 bits per heavy atom. The molecule has 3 N–H and O–H groups in total. The average Bonchev–Trinajstić information content (AvgIpc) is 2.56. The molecule has 1 aromatic rings. The predicted molar refractivity (Wildman–Crippen MR) is 96.7 cm³/mol. The molecule has 0 aliphatic carbocycles. The SMILES string of the molecule is Cc1cc(O)c2c(c1)/C=C/C[C@H](O)[C@H](O)C(=O)/C=C\[C@H](C)[C@H](C)OC2=O. The Kier molecular flexibility index (Phi) is 6.34.